The van der Waals surface area contributed by atoms with Crippen molar-refractivity contribution in [1.82, 2.24) is 0 Å². The Hall–Kier alpha value is -0.210. The van der Waals surface area contributed by atoms with Crippen molar-refractivity contribution in [2.45, 2.75) is 38.4 Å². The van der Waals surface area contributed by atoms with Crippen LogP contribution in [-0.4, -0.2) is 25.1 Å². The molecule has 0 spiro atoms. The van der Waals surface area contributed by atoms with Crippen molar-refractivity contribution in [1.29, 1.82) is 0 Å². The van der Waals surface area contributed by atoms with E-state index in [9.17, 15) is 4.57 Å². The molecule has 0 bridgehead atoms. The predicted molar refractivity (Wildman–Crippen MR) is 57.1 cm³/mol. The molecule has 0 N–H and O–H groups in total. The summed E-state index contributed by atoms with van der Waals surface area (Å²) in [7, 11) is -1.11. The number of hydrogen-bond acceptors (Lipinski definition) is 4. The number of hydrogen-bond donors (Lipinski definition) is 0. The molecule has 1 aliphatic rings. The molecular formula is C9H19N2O2P. The van der Waals surface area contributed by atoms with E-state index in [2.05, 4.69) is 17.2 Å². The number of nitrogens with zero attached hydrogens (tertiary/aromatic N) is 2. The van der Waals surface area contributed by atoms with Crippen LogP contribution in [0.3, 0.4) is 0 Å². The van der Waals surface area contributed by atoms with Crippen LogP contribution >= 0.6 is 7.37 Å². The lowest BCUT2D eigenvalue weighted by Crippen LogP contribution is -2.26. The van der Waals surface area contributed by atoms with Gasteiger partial charge in [0.1, 0.15) is 0 Å². The van der Waals surface area contributed by atoms with Crippen molar-refractivity contribution >= 4 is 7.37 Å². The van der Waals surface area contributed by atoms with Gasteiger partial charge in [0.05, 0.1) is 6.54 Å². The molecule has 0 fully saturated rings. The Morgan fingerprint density at radius 2 is 2.21 bits per heavy atom. The average molecular weight is 218 g/mol. The Labute approximate surface area is 85.6 Å². The normalized spacial score (nSPS) is 30.5. The molecule has 14 heavy (non-hydrogen) atoms. The second-order valence-corrected chi connectivity index (χ2v) is 6.80. The van der Waals surface area contributed by atoms with Gasteiger partial charge in [0.15, 0.2) is 5.28 Å². The zero-order chi connectivity index (χ0) is 10.7. The van der Waals surface area contributed by atoms with Crippen LogP contribution in [0.25, 0.3) is 0 Å². The Morgan fingerprint density at radius 3 is 2.57 bits per heavy atom. The van der Waals surface area contributed by atoms with Gasteiger partial charge in [-0.25, -0.2) is 0 Å². The molecule has 1 heterocycles. The van der Waals surface area contributed by atoms with Gasteiger partial charge in [0.25, 0.3) is 0 Å². The molecule has 0 aromatic heterocycles. The lowest BCUT2D eigenvalue weighted by molar-refractivity contribution is 0.349. The molecule has 1 rings (SSSR count). The lowest BCUT2D eigenvalue weighted by atomic mass is 10.1. The summed E-state index contributed by atoms with van der Waals surface area (Å²) in [5, 5.41) is 7.69. The fraction of sp³-hybridized carbons (Fsp3) is 1.00. The summed E-state index contributed by atoms with van der Waals surface area (Å²) >= 11 is 0. The Bertz CT molecular complexity index is 260. The third kappa shape index (κ3) is 1.78. The fourth-order valence-corrected chi connectivity index (χ4v) is 4.43. The first-order chi connectivity index (χ1) is 6.64. The lowest BCUT2D eigenvalue weighted by Gasteiger charge is -2.31. The zero-order valence-corrected chi connectivity index (χ0v) is 10.1. The highest BCUT2D eigenvalue weighted by molar-refractivity contribution is 7.60. The second-order valence-electron chi connectivity index (χ2n) is 3.62. The largest absolute Gasteiger partial charge is 0.330 e. The molecule has 0 aromatic carbocycles. The van der Waals surface area contributed by atoms with Gasteiger partial charge in [-0.15, -0.1) is 0 Å². The molecule has 0 saturated heterocycles. The maximum absolute atomic E-state index is 12.5. The first kappa shape index (κ1) is 11.9. The molecule has 2 atom stereocenters. The highest BCUT2D eigenvalue weighted by Gasteiger charge is 2.49. The van der Waals surface area contributed by atoms with Gasteiger partial charge < -0.3 is 4.52 Å². The quantitative estimate of drug-likeness (QED) is 0.665. The minimum atomic E-state index is -2.64. The first-order valence-corrected chi connectivity index (χ1v) is 6.98. The molecule has 0 radical (unpaired) electrons. The van der Waals surface area contributed by atoms with Crippen LogP contribution in [-0.2, 0) is 9.09 Å². The van der Waals surface area contributed by atoms with E-state index in [0.29, 0.717) is 12.7 Å². The van der Waals surface area contributed by atoms with E-state index in [4.69, 9.17) is 4.52 Å². The van der Waals surface area contributed by atoms with E-state index in [1.807, 2.05) is 6.92 Å². The number of rotatable bonds is 5. The van der Waals surface area contributed by atoms with Crippen molar-refractivity contribution in [3.8, 4) is 0 Å². The third-order valence-electron chi connectivity index (χ3n) is 2.86. The molecule has 82 valence electrons. The zero-order valence-electron chi connectivity index (χ0n) is 9.19. The summed E-state index contributed by atoms with van der Waals surface area (Å²) in [6.45, 7) is 4.66. The second kappa shape index (κ2) is 4.54. The Balaban J connectivity index is 2.97. The van der Waals surface area contributed by atoms with E-state index >= 15 is 0 Å². The van der Waals surface area contributed by atoms with Crippen molar-refractivity contribution < 1.29 is 9.09 Å². The van der Waals surface area contributed by atoms with E-state index in [1.54, 1.807) is 0 Å². The first-order valence-electron chi connectivity index (χ1n) is 5.17. The summed E-state index contributed by atoms with van der Waals surface area (Å²) in [5.41, 5.74) is 0. The van der Waals surface area contributed by atoms with Gasteiger partial charge in [-0.05, 0) is 6.42 Å². The predicted octanol–water partition coefficient (Wildman–Crippen LogP) is 3.28. The SMILES string of the molecule is CCCC1(P(=O)(CC)OC)CCN=N1. The van der Waals surface area contributed by atoms with Gasteiger partial charge in [0.2, 0.25) is 7.37 Å². The van der Waals surface area contributed by atoms with Crippen LogP contribution in [0, 0.1) is 0 Å². The summed E-state index contributed by atoms with van der Waals surface area (Å²) < 4.78 is 17.7. The van der Waals surface area contributed by atoms with Crippen LogP contribution in [0.2, 0.25) is 0 Å². The van der Waals surface area contributed by atoms with Crippen LogP contribution in [0.5, 0.6) is 0 Å². The van der Waals surface area contributed by atoms with Crippen LogP contribution in [0.4, 0.5) is 0 Å². The maximum Gasteiger partial charge on any atom is 0.231 e. The van der Waals surface area contributed by atoms with Crippen molar-refractivity contribution in [2.24, 2.45) is 10.2 Å². The Morgan fingerprint density at radius 1 is 1.50 bits per heavy atom. The summed E-state index contributed by atoms with van der Waals surface area (Å²) in [5.74, 6) is 0. The van der Waals surface area contributed by atoms with Crippen molar-refractivity contribution in [3.05, 3.63) is 0 Å². The third-order valence-corrected chi connectivity index (χ3v) is 6.09. The van der Waals surface area contributed by atoms with Gasteiger partial charge in [0, 0.05) is 19.7 Å². The van der Waals surface area contributed by atoms with Crippen molar-refractivity contribution in [2.75, 3.05) is 19.8 Å². The minimum absolute atomic E-state index is 0.509. The summed E-state index contributed by atoms with van der Waals surface area (Å²) in [4.78, 5) is 0. The standard InChI is InChI=1S/C9H19N2O2P/c1-4-6-9(7-8-10-11-9)14(12,5-2)13-3/h4-8H2,1-3H3. The Kier molecular flexibility index (Phi) is 3.85. The topological polar surface area (TPSA) is 51.0 Å². The van der Waals surface area contributed by atoms with E-state index in [0.717, 1.165) is 19.3 Å². The average Bonchev–Trinajstić information content (AvgIpc) is 2.67. The molecule has 5 heteroatoms. The molecule has 2 unspecified atom stereocenters. The van der Waals surface area contributed by atoms with Gasteiger partial charge >= 0.3 is 0 Å². The maximum atomic E-state index is 12.5. The molecule has 0 saturated carbocycles. The molecule has 0 aliphatic carbocycles. The molecule has 0 amide bonds. The number of azo groups is 1. The van der Waals surface area contributed by atoms with Gasteiger partial charge in [-0.1, -0.05) is 20.3 Å². The molecule has 1 aliphatic heterocycles. The molecular weight excluding hydrogens is 199 g/mol. The summed E-state index contributed by atoms with van der Waals surface area (Å²) in [6.07, 6.45) is 3.10. The van der Waals surface area contributed by atoms with Crippen LogP contribution in [0.1, 0.15) is 33.1 Å². The van der Waals surface area contributed by atoms with Gasteiger partial charge in [-0.3, -0.25) is 4.57 Å². The minimum Gasteiger partial charge on any atom is -0.330 e. The highest BCUT2D eigenvalue weighted by atomic mass is 31.2. The van der Waals surface area contributed by atoms with Gasteiger partial charge in [-0.2, -0.15) is 10.2 Å². The van der Waals surface area contributed by atoms with E-state index in [1.165, 1.54) is 7.11 Å². The van der Waals surface area contributed by atoms with Crippen LogP contribution < -0.4 is 0 Å². The van der Waals surface area contributed by atoms with E-state index in [-0.39, 0.29) is 0 Å². The summed E-state index contributed by atoms with van der Waals surface area (Å²) in [6, 6.07) is 0. The molecule has 4 nitrogen and oxygen atoms in total. The molecule has 0 aromatic rings. The van der Waals surface area contributed by atoms with Crippen molar-refractivity contribution in [3.63, 3.8) is 0 Å². The highest BCUT2D eigenvalue weighted by Crippen LogP contribution is 2.63. The fourth-order valence-electron chi connectivity index (χ4n) is 2.04. The van der Waals surface area contributed by atoms with E-state index < -0.39 is 12.6 Å². The monoisotopic (exact) mass is 218 g/mol. The van der Waals surface area contributed by atoms with Crippen LogP contribution in [0.15, 0.2) is 10.2 Å². The smallest absolute Gasteiger partial charge is 0.231 e.